The first kappa shape index (κ1) is 23.1. The van der Waals surface area contributed by atoms with E-state index in [0.29, 0.717) is 11.3 Å². The lowest BCUT2D eigenvalue weighted by molar-refractivity contribution is -0.122. The summed E-state index contributed by atoms with van der Waals surface area (Å²) >= 11 is 0. The van der Waals surface area contributed by atoms with Crippen molar-refractivity contribution < 1.29 is 22.4 Å². The molecule has 0 aliphatic carbocycles. The van der Waals surface area contributed by atoms with E-state index in [9.17, 15) is 18.0 Å². The molecule has 9 heteroatoms. The van der Waals surface area contributed by atoms with Gasteiger partial charge in [-0.2, -0.15) is 0 Å². The first-order valence-electron chi connectivity index (χ1n) is 9.97. The van der Waals surface area contributed by atoms with Crippen molar-refractivity contribution in [2.75, 3.05) is 4.72 Å². The van der Waals surface area contributed by atoms with Crippen molar-refractivity contribution in [3.63, 3.8) is 0 Å². The fourth-order valence-electron chi connectivity index (χ4n) is 3.05. The highest BCUT2D eigenvalue weighted by Crippen LogP contribution is 2.23. The number of amides is 2. The summed E-state index contributed by atoms with van der Waals surface area (Å²) in [4.78, 5) is 25.2. The molecule has 0 aliphatic rings. The van der Waals surface area contributed by atoms with Crippen molar-refractivity contribution in [2.45, 2.75) is 38.3 Å². The number of aryl methyl sites for hydroxylation is 2. The summed E-state index contributed by atoms with van der Waals surface area (Å²) in [5.41, 5.74) is 1.62. The van der Waals surface area contributed by atoms with Crippen LogP contribution in [-0.2, 0) is 21.4 Å². The second kappa shape index (κ2) is 9.69. The number of anilines is 1. The Morgan fingerprint density at radius 3 is 2.50 bits per heavy atom. The number of para-hydroxylation sites is 1. The van der Waals surface area contributed by atoms with Crippen LogP contribution in [0.1, 0.15) is 34.2 Å². The smallest absolute Gasteiger partial charge is 0.262 e. The molecule has 1 aromatic heterocycles. The number of hydrogen-bond donors (Lipinski definition) is 3. The number of sulfonamides is 1. The Balaban J connectivity index is 1.73. The molecule has 32 heavy (non-hydrogen) atoms. The second-order valence-electron chi connectivity index (χ2n) is 7.41. The molecule has 0 spiro atoms. The van der Waals surface area contributed by atoms with E-state index in [1.807, 2.05) is 6.07 Å². The van der Waals surface area contributed by atoms with Gasteiger partial charge in [0.05, 0.1) is 29.0 Å². The molecule has 3 rings (SSSR count). The van der Waals surface area contributed by atoms with Gasteiger partial charge in [0.1, 0.15) is 11.8 Å². The van der Waals surface area contributed by atoms with E-state index in [2.05, 4.69) is 15.4 Å². The van der Waals surface area contributed by atoms with Crippen molar-refractivity contribution in [3.8, 4) is 0 Å². The second-order valence-corrected chi connectivity index (χ2v) is 9.06. The first-order valence-corrected chi connectivity index (χ1v) is 11.5. The number of benzene rings is 2. The van der Waals surface area contributed by atoms with Crippen molar-refractivity contribution in [1.82, 2.24) is 10.6 Å². The lowest BCUT2D eigenvalue weighted by atomic mass is 10.1. The molecule has 3 N–H and O–H groups in total. The van der Waals surface area contributed by atoms with Gasteiger partial charge in [-0.25, -0.2) is 8.42 Å². The van der Waals surface area contributed by atoms with E-state index in [1.54, 1.807) is 50.2 Å². The van der Waals surface area contributed by atoms with E-state index in [-0.39, 0.29) is 22.7 Å². The van der Waals surface area contributed by atoms with Crippen molar-refractivity contribution in [1.29, 1.82) is 0 Å². The normalized spacial score (nSPS) is 12.1. The van der Waals surface area contributed by atoms with E-state index in [4.69, 9.17) is 4.42 Å². The number of furan rings is 1. The Bertz CT molecular complexity index is 1220. The fraction of sp³-hybridized carbons (Fsp3) is 0.217. The summed E-state index contributed by atoms with van der Waals surface area (Å²) in [6.45, 7) is 5.24. The molecule has 2 amide bonds. The van der Waals surface area contributed by atoms with E-state index in [0.717, 1.165) is 5.56 Å². The minimum atomic E-state index is -3.92. The Kier molecular flexibility index (Phi) is 6.99. The molecule has 0 bridgehead atoms. The van der Waals surface area contributed by atoms with Crippen LogP contribution in [0.15, 0.2) is 70.2 Å². The lowest BCUT2D eigenvalue weighted by Crippen LogP contribution is -2.44. The monoisotopic (exact) mass is 455 g/mol. The molecule has 8 nitrogen and oxygen atoms in total. The molecule has 0 fully saturated rings. The number of nitrogens with one attached hydrogen (secondary N) is 3. The molecule has 0 saturated carbocycles. The molecule has 168 valence electrons. The highest BCUT2D eigenvalue weighted by molar-refractivity contribution is 7.92. The molecule has 1 heterocycles. The molecule has 0 radical (unpaired) electrons. The summed E-state index contributed by atoms with van der Waals surface area (Å²) in [5.74, 6) is -0.392. The largest absolute Gasteiger partial charge is 0.467 e. The number of carbonyl (C=O) groups is 2. The van der Waals surface area contributed by atoms with Crippen LogP contribution in [0, 0.1) is 13.8 Å². The SMILES string of the molecule is Cc1ccc(C)c(S(=O)(=O)Nc2ccccc2C(=O)NC(C)C(=O)NCc2ccco2)c1. The maximum Gasteiger partial charge on any atom is 0.262 e. The summed E-state index contributed by atoms with van der Waals surface area (Å²) < 4.78 is 33.6. The Morgan fingerprint density at radius 1 is 1.03 bits per heavy atom. The summed E-state index contributed by atoms with van der Waals surface area (Å²) in [6.07, 6.45) is 1.50. The van der Waals surface area contributed by atoms with Crippen LogP contribution >= 0.6 is 0 Å². The summed E-state index contributed by atoms with van der Waals surface area (Å²) in [7, 11) is -3.92. The predicted molar refractivity (Wildman–Crippen MR) is 121 cm³/mol. The van der Waals surface area contributed by atoms with Crippen LogP contribution in [0.5, 0.6) is 0 Å². The van der Waals surface area contributed by atoms with Gasteiger partial charge in [-0.05, 0) is 62.2 Å². The van der Waals surface area contributed by atoms with Gasteiger partial charge in [0.15, 0.2) is 0 Å². The van der Waals surface area contributed by atoms with Crippen LogP contribution < -0.4 is 15.4 Å². The van der Waals surface area contributed by atoms with E-state index >= 15 is 0 Å². The topological polar surface area (TPSA) is 118 Å². The lowest BCUT2D eigenvalue weighted by Gasteiger charge is -2.17. The third-order valence-electron chi connectivity index (χ3n) is 4.81. The predicted octanol–water partition coefficient (Wildman–Crippen LogP) is 3.13. The molecule has 1 unspecified atom stereocenters. The summed E-state index contributed by atoms with van der Waals surface area (Å²) in [5, 5.41) is 5.26. The average molecular weight is 456 g/mol. The Hall–Kier alpha value is -3.59. The van der Waals surface area contributed by atoms with E-state index < -0.39 is 27.9 Å². The van der Waals surface area contributed by atoms with Gasteiger partial charge in [0.2, 0.25) is 5.91 Å². The van der Waals surface area contributed by atoms with Gasteiger partial charge in [-0.1, -0.05) is 24.3 Å². The highest BCUT2D eigenvalue weighted by Gasteiger charge is 2.22. The third kappa shape index (κ3) is 5.55. The zero-order valence-electron chi connectivity index (χ0n) is 18.0. The minimum absolute atomic E-state index is 0.104. The third-order valence-corrected chi connectivity index (χ3v) is 6.31. The van der Waals surface area contributed by atoms with Crippen LogP contribution in [0.25, 0.3) is 0 Å². The van der Waals surface area contributed by atoms with Crippen LogP contribution in [0.4, 0.5) is 5.69 Å². The first-order chi connectivity index (χ1) is 15.2. The van der Waals surface area contributed by atoms with Crippen LogP contribution in [0.2, 0.25) is 0 Å². The Morgan fingerprint density at radius 2 is 1.78 bits per heavy atom. The molecule has 0 aliphatic heterocycles. The van der Waals surface area contributed by atoms with Crippen molar-refractivity contribution in [3.05, 3.63) is 83.3 Å². The van der Waals surface area contributed by atoms with Gasteiger partial charge in [-0.15, -0.1) is 0 Å². The average Bonchev–Trinajstić information content (AvgIpc) is 3.27. The zero-order valence-corrected chi connectivity index (χ0v) is 18.8. The van der Waals surface area contributed by atoms with Gasteiger partial charge < -0.3 is 15.1 Å². The maximum atomic E-state index is 13.0. The van der Waals surface area contributed by atoms with Crippen LogP contribution in [-0.4, -0.2) is 26.3 Å². The minimum Gasteiger partial charge on any atom is -0.467 e. The van der Waals surface area contributed by atoms with E-state index in [1.165, 1.54) is 25.3 Å². The van der Waals surface area contributed by atoms with Crippen molar-refractivity contribution >= 4 is 27.5 Å². The van der Waals surface area contributed by atoms with Gasteiger partial charge >= 0.3 is 0 Å². The molecule has 2 aromatic carbocycles. The molecular formula is C23H25N3O5S. The fourth-order valence-corrected chi connectivity index (χ4v) is 4.46. The molecule has 0 saturated heterocycles. The number of carbonyl (C=O) groups excluding carboxylic acids is 2. The van der Waals surface area contributed by atoms with Gasteiger partial charge in [0, 0.05) is 0 Å². The molecule has 1 atom stereocenters. The van der Waals surface area contributed by atoms with Crippen LogP contribution in [0.3, 0.4) is 0 Å². The van der Waals surface area contributed by atoms with Crippen molar-refractivity contribution in [2.24, 2.45) is 0 Å². The standard InChI is InChI=1S/C23H25N3O5S/c1-15-10-11-16(2)21(13-15)32(29,30)26-20-9-5-4-8-19(20)23(28)25-17(3)22(27)24-14-18-7-6-12-31-18/h4-13,17,26H,14H2,1-3H3,(H,24,27)(H,25,28). The Labute approximate surface area is 187 Å². The number of rotatable bonds is 8. The van der Waals surface area contributed by atoms with Gasteiger partial charge in [0.25, 0.3) is 15.9 Å². The van der Waals surface area contributed by atoms with Gasteiger partial charge in [-0.3, -0.25) is 14.3 Å². The summed E-state index contributed by atoms with van der Waals surface area (Å²) in [6, 6.07) is 13.9. The quantitative estimate of drug-likeness (QED) is 0.482. The zero-order chi connectivity index (χ0) is 23.3. The maximum absolute atomic E-state index is 13.0. The highest BCUT2D eigenvalue weighted by atomic mass is 32.2. The molecular weight excluding hydrogens is 430 g/mol. The number of hydrogen-bond acceptors (Lipinski definition) is 5. The molecule has 3 aromatic rings.